The molecular weight excluding hydrogens is 471 g/mol. The smallest absolute Gasteiger partial charge is 0.416 e. The van der Waals surface area contributed by atoms with Gasteiger partial charge in [-0.1, -0.05) is 67.6 Å². The van der Waals surface area contributed by atoms with Crippen LogP contribution in [-0.4, -0.2) is 29.8 Å². The molecule has 1 amide bonds. The molecule has 8 heteroatoms. The zero-order chi connectivity index (χ0) is 25.9. The number of fused-ring (bicyclic) bond motifs is 3. The fourth-order valence-corrected chi connectivity index (χ4v) is 4.72. The molecule has 3 aromatic rings. The van der Waals surface area contributed by atoms with Crippen molar-refractivity contribution in [2.24, 2.45) is 0 Å². The van der Waals surface area contributed by atoms with Gasteiger partial charge in [-0.05, 0) is 58.7 Å². The van der Waals surface area contributed by atoms with Gasteiger partial charge in [0.2, 0.25) is 0 Å². The lowest BCUT2D eigenvalue weighted by Crippen LogP contribution is -2.41. The van der Waals surface area contributed by atoms with Gasteiger partial charge in [0, 0.05) is 5.92 Å². The van der Waals surface area contributed by atoms with Gasteiger partial charge in [0.1, 0.15) is 12.6 Å². The molecule has 4 rings (SSSR count). The second kappa shape index (κ2) is 10.4. The number of aryl methyl sites for hydroxylation is 2. The van der Waals surface area contributed by atoms with Gasteiger partial charge in [-0.25, -0.2) is 9.59 Å². The largest absolute Gasteiger partial charge is 0.480 e. The summed E-state index contributed by atoms with van der Waals surface area (Å²) in [5.74, 6) is -1.41. The summed E-state index contributed by atoms with van der Waals surface area (Å²) >= 11 is 0. The number of hydrogen-bond acceptors (Lipinski definition) is 3. The van der Waals surface area contributed by atoms with E-state index < -0.39 is 29.8 Å². The van der Waals surface area contributed by atoms with Gasteiger partial charge in [0.15, 0.2) is 0 Å². The van der Waals surface area contributed by atoms with E-state index in [2.05, 4.69) is 5.32 Å². The lowest BCUT2D eigenvalue weighted by molar-refractivity contribution is -0.139. The fraction of sp³-hybridized carbons (Fsp3) is 0.286. The summed E-state index contributed by atoms with van der Waals surface area (Å²) in [6.45, 7) is 1.68. The van der Waals surface area contributed by atoms with E-state index in [1.54, 1.807) is 6.92 Å². The summed E-state index contributed by atoms with van der Waals surface area (Å²) in [5.41, 5.74) is 4.25. The molecule has 0 spiro atoms. The van der Waals surface area contributed by atoms with E-state index in [0.29, 0.717) is 5.56 Å². The number of halogens is 3. The van der Waals surface area contributed by atoms with Gasteiger partial charge in [0.25, 0.3) is 0 Å². The van der Waals surface area contributed by atoms with Crippen molar-refractivity contribution < 1.29 is 32.6 Å². The summed E-state index contributed by atoms with van der Waals surface area (Å²) in [6, 6.07) is 18.3. The van der Waals surface area contributed by atoms with Crippen LogP contribution in [0.1, 0.15) is 47.1 Å². The maximum absolute atomic E-state index is 13.1. The number of amides is 1. The average molecular weight is 498 g/mol. The topological polar surface area (TPSA) is 75.6 Å². The number of carbonyl (C=O) groups is 2. The van der Waals surface area contributed by atoms with E-state index in [1.807, 2.05) is 48.5 Å². The molecule has 188 valence electrons. The quantitative estimate of drug-likeness (QED) is 0.389. The van der Waals surface area contributed by atoms with Gasteiger partial charge >= 0.3 is 18.2 Å². The molecule has 36 heavy (non-hydrogen) atoms. The standard InChI is InChI=1S/C28H26F3NO4/c1-2-18-15-17(11-13-24(18)28(29,30)31)12-14-25(26(33)34)32-27(35)36-16-23-21-9-5-3-7-19(21)20-8-4-6-10-22(20)23/h3-11,13,15,23,25H,2,12,14,16H2,1H3,(H,32,35)(H,33,34)/t25-/m0/s1. The van der Waals surface area contributed by atoms with Crippen molar-refractivity contribution in [3.8, 4) is 11.1 Å². The van der Waals surface area contributed by atoms with E-state index in [-0.39, 0.29) is 37.4 Å². The molecule has 0 radical (unpaired) electrons. The number of nitrogens with one attached hydrogen (secondary N) is 1. The van der Waals surface area contributed by atoms with Crippen molar-refractivity contribution in [3.63, 3.8) is 0 Å². The second-order valence-electron chi connectivity index (χ2n) is 8.74. The highest BCUT2D eigenvalue weighted by molar-refractivity contribution is 5.81. The number of rotatable bonds is 8. The van der Waals surface area contributed by atoms with Crippen molar-refractivity contribution in [1.82, 2.24) is 5.32 Å². The highest BCUT2D eigenvalue weighted by atomic mass is 19.4. The number of carbonyl (C=O) groups excluding carboxylic acids is 1. The minimum absolute atomic E-state index is 0.00798. The Balaban J connectivity index is 1.38. The zero-order valence-electron chi connectivity index (χ0n) is 19.6. The van der Waals surface area contributed by atoms with Crippen LogP contribution in [0.5, 0.6) is 0 Å². The van der Waals surface area contributed by atoms with Crippen LogP contribution >= 0.6 is 0 Å². The van der Waals surface area contributed by atoms with E-state index in [4.69, 9.17) is 4.74 Å². The first-order valence-corrected chi connectivity index (χ1v) is 11.7. The fourth-order valence-electron chi connectivity index (χ4n) is 4.72. The molecule has 0 saturated carbocycles. The summed E-state index contributed by atoms with van der Waals surface area (Å²) in [7, 11) is 0. The van der Waals surface area contributed by atoms with Crippen molar-refractivity contribution in [1.29, 1.82) is 0 Å². The van der Waals surface area contributed by atoms with E-state index in [9.17, 15) is 27.9 Å². The minimum Gasteiger partial charge on any atom is -0.480 e. The summed E-state index contributed by atoms with van der Waals surface area (Å²) in [5, 5.41) is 12.0. The Bertz CT molecular complexity index is 1230. The van der Waals surface area contributed by atoms with Crippen molar-refractivity contribution in [2.75, 3.05) is 6.61 Å². The predicted octanol–water partition coefficient (Wildman–Crippen LogP) is 6.19. The predicted molar refractivity (Wildman–Crippen MR) is 129 cm³/mol. The molecule has 0 saturated heterocycles. The van der Waals surface area contributed by atoms with E-state index >= 15 is 0 Å². The van der Waals surface area contributed by atoms with E-state index in [0.717, 1.165) is 28.3 Å². The molecule has 0 fully saturated rings. The van der Waals surface area contributed by atoms with Crippen LogP contribution in [0.2, 0.25) is 0 Å². The third-order valence-corrected chi connectivity index (χ3v) is 6.51. The van der Waals surface area contributed by atoms with Crippen LogP contribution in [0, 0.1) is 0 Å². The number of benzene rings is 3. The Kier molecular flexibility index (Phi) is 7.33. The SMILES string of the molecule is CCc1cc(CC[C@H](NC(=O)OCC2c3ccccc3-c3ccccc32)C(=O)O)ccc1C(F)(F)F. The van der Waals surface area contributed by atoms with Crippen LogP contribution < -0.4 is 5.32 Å². The van der Waals surface area contributed by atoms with Gasteiger partial charge in [-0.15, -0.1) is 0 Å². The molecule has 1 aliphatic rings. The lowest BCUT2D eigenvalue weighted by Gasteiger charge is -2.18. The van der Waals surface area contributed by atoms with Gasteiger partial charge in [0.05, 0.1) is 5.56 Å². The molecule has 0 bridgehead atoms. The van der Waals surface area contributed by atoms with E-state index in [1.165, 1.54) is 12.1 Å². The van der Waals surface area contributed by atoms with Crippen molar-refractivity contribution in [2.45, 2.75) is 44.3 Å². The monoisotopic (exact) mass is 497 g/mol. The molecule has 0 aliphatic heterocycles. The van der Waals surface area contributed by atoms with Crippen LogP contribution in [0.25, 0.3) is 11.1 Å². The molecule has 1 atom stereocenters. The number of aliphatic carboxylic acids is 1. The Morgan fingerprint density at radius 3 is 2.17 bits per heavy atom. The van der Waals surface area contributed by atoms with Gasteiger partial charge < -0.3 is 15.2 Å². The number of hydrogen-bond donors (Lipinski definition) is 2. The maximum atomic E-state index is 13.1. The number of carboxylic acid groups (broad SMARTS) is 1. The summed E-state index contributed by atoms with van der Waals surface area (Å²) in [4.78, 5) is 24.2. The summed E-state index contributed by atoms with van der Waals surface area (Å²) in [6.07, 6.45) is -4.91. The number of alkyl carbamates (subject to hydrolysis) is 1. The zero-order valence-corrected chi connectivity index (χ0v) is 19.6. The Morgan fingerprint density at radius 1 is 1.00 bits per heavy atom. The molecule has 0 heterocycles. The molecule has 5 nitrogen and oxygen atoms in total. The number of alkyl halides is 3. The molecule has 0 aromatic heterocycles. The highest BCUT2D eigenvalue weighted by Gasteiger charge is 2.33. The normalized spacial score (nSPS) is 13.6. The first kappa shape index (κ1) is 25.3. The van der Waals surface area contributed by atoms with Gasteiger partial charge in [-0.3, -0.25) is 0 Å². The Hall–Kier alpha value is -3.81. The van der Waals surface area contributed by atoms with Crippen molar-refractivity contribution >= 4 is 12.1 Å². The Labute approximate surface area is 206 Å². The van der Waals surface area contributed by atoms with Crippen LogP contribution in [-0.2, 0) is 28.5 Å². The van der Waals surface area contributed by atoms with Crippen molar-refractivity contribution in [3.05, 3.63) is 94.5 Å². The maximum Gasteiger partial charge on any atom is 0.416 e. The summed E-state index contributed by atoms with van der Waals surface area (Å²) < 4.78 is 44.8. The number of carboxylic acids is 1. The van der Waals surface area contributed by atoms with Crippen LogP contribution in [0.15, 0.2) is 66.7 Å². The average Bonchev–Trinajstić information content (AvgIpc) is 3.18. The third-order valence-electron chi connectivity index (χ3n) is 6.51. The van der Waals surface area contributed by atoms with Crippen LogP contribution in [0.4, 0.5) is 18.0 Å². The Morgan fingerprint density at radius 2 is 1.61 bits per heavy atom. The highest BCUT2D eigenvalue weighted by Crippen LogP contribution is 2.44. The number of ether oxygens (including phenoxy) is 1. The molecule has 2 N–H and O–H groups in total. The first-order chi connectivity index (χ1) is 17.2. The second-order valence-corrected chi connectivity index (χ2v) is 8.74. The third kappa shape index (κ3) is 5.37. The minimum atomic E-state index is -4.45. The molecule has 1 aliphatic carbocycles. The lowest BCUT2D eigenvalue weighted by atomic mass is 9.98. The molecule has 0 unspecified atom stereocenters. The van der Waals surface area contributed by atoms with Gasteiger partial charge in [-0.2, -0.15) is 13.2 Å². The molecular formula is C28H26F3NO4. The first-order valence-electron chi connectivity index (χ1n) is 11.7. The van der Waals surface area contributed by atoms with Crippen LogP contribution in [0.3, 0.4) is 0 Å². The molecule has 3 aromatic carbocycles.